The molecule has 0 radical (unpaired) electrons. The number of aliphatic hydroxyl groups is 1. The van der Waals surface area contributed by atoms with Gasteiger partial charge in [-0.15, -0.1) is 0 Å². The fraction of sp³-hybridized carbons (Fsp3) is 0.545. The van der Waals surface area contributed by atoms with E-state index < -0.39 is 68.0 Å². The zero-order valence-electron chi connectivity index (χ0n) is 19.3. The number of alkyl halides is 5. The Hall–Kier alpha value is -3.33. The van der Waals surface area contributed by atoms with Crippen LogP contribution in [-0.4, -0.2) is 79.8 Å². The van der Waals surface area contributed by atoms with Gasteiger partial charge in [0.2, 0.25) is 5.91 Å². The number of hydrogen-bond donors (Lipinski definition) is 3. The van der Waals surface area contributed by atoms with E-state index in [-0.39, 0.29) is 48.8 Å². The lowest BCUT2D eigenvalue weighted by molar-refractivity contribution is -0.148. The minimum absolute atomic E-state index is 0.0209. The summed E-state index contributed by atoms with van der Waals surface area (Å²) in [6.07, 6.45) is -7.79. The van der Waals surface area contributed by atoms with Crippen LogP contribution in [0.2, 0.25) is 0 Å². The monoisotopic (exact) mass is 533 g/mol. The lowest BCUT2D eigenvalue weighted by Crippen LogP contribution is -2.54. The van der Waals surface area contributed by atoms with Crippen LogP contribution in [0, 0.1) is 0 Å². The van der Waals surface area contributed by atoms with E-state index in [1.165, 1.54) is 23.3 Å². The van der Waals surface area contributed by atoms with Crippen molar-refractivity contribution in [2.45, 2.75) is 56.6 Å². The van der Waals surface area contributed by atoms with Crippen molar-refractivity contribution >= 4 is 12.0 Å². The van der Waals surface area contributed by atoms with Crippen molar-refractivity contribution in [3.8, 4) is 11.6 Å². The Kier molecular flexibility index (Phi) is 7.37. The number of halogens is 5. The molecule has 1 saturated heterocycles. The van der Waals surface area contributed by atoms with Gasteiger partial charge in [-0.3, -0.25) is 9.69 Å². The molecule has 4 rings (SSSR count). The first kappa shape index (κ1) is 26.7. The van der Waals surface area contributed by atoms with Gasteiger partial charge in [0.25, 0.3) is 5.92 Å². The molecule has 2 aliphatic rings. The lowest BCUT2D eigenvalue weighted by atomic mass is 10.0. The van der Waals surface area contributed by atoms with Crippen LogP contribution in [0.4, 0.5) is 26.7 Å². The Morgan fingerprint density at radius 1 is 1.27 bits per heavy atom. The number of aliphatic hydroxyl groups excluding tert-OH is 1. The third kappa shape index (κ3) is 6.33. The van der Waals surface area contributed by atoms with Crippen LogP contribution in [0.5, 0.6) is 0 Å². The minimum Gasteiger partial charge on any atom is -0.465 e. The van der Waals surface area contributed by atoms with Crippen molar-refractivity contribution < 1.29 is 46.2 Å². The molecule has 10 nitrogen and oxygen atoms in total. The highest BCUT2D eigenvalue weighted by molar-refractivity contribution is 5.77. The highest BCUT2D eigenvalue weighted by atomic mass is 19.4. The van der Waals surface area contributed by atoms with Gasteiger partial charge in [0, 0.05) is 44.5 Å². The summed E-state index contributed by atoms with van der Waals surface area (Å²) in [6, 6.07) is 1.77. The second kappa shape index (κ2) is 10.2. The van der Waals surface area contributed by atoms with E-state index in [4.69, 9.17) is 4.42 Å². The van der Waals surface area contributed by atoms with Crippen LogP contribution in [0.15, 0.2) is 22.8 Å². The number of carboxylic acid groups (broad SMARTS) is 1. The van der Waals surface area contributed by atoms with Gasteiger partial charge in [0.1, 0.15) is 6.23 Å². The summed E-state index contributed by atoms with van der Waals surface area (Å²) < 4.78 is 73.9. The molecule has 2 amide bonds. The number of carbonyl (C=O) groups excluding carboxylic acids is 1. The Morgan fingerprint density at radius 2 is 2.03 bits per heavy atom. The number of hydrogen-bond acceptors (Lipinski definition) is 7. The molecule has 2 aromatic rings. The number of nitrogens with zero attached hydrogens (tertiary/aromatic N) is 4. The molecular formula is C22H24F5N5O5. The molecule has 0 aromatic carbocycles. The molecular weight excluding hydrogens is 509 g/mol. The molecule has 0 bridgehead atoms. The molecule has 0 spiro atoms. The number of likely N-dealkylation sites (tertiary alicyclic amines) is 1. The summed E-state index contributed by atoms with van der Waals surface area (Å²) in [5, 5.41) is 22.1. The molecule has 3 N–H and O–H groups in total. The predicted molar refractivity (Wildman–Crippen MR) is 115 cm³/mol. The fourth-order valence-electron chi connectivity index (χ4n) is 4.54. The molecule has 37 heavy (non-hydrogen) atoms. The number of rotatable bonds is 7. The van der Waals surface area contributed by atoms with Crippen molar-refractivity contribution in [2.24, 2.45) is 0 Å². The quantitative estimate of drug-likeness (QED) is 0.463. The summed E-state index contributed by atoms with van der Waals surface area (Å²) in [5.41, 5.74) is -1.20. The maximum absolute atomic E-state index is 13.8. The molecule has 1 unspecified atom stereocenters. The van der Waals surface area contributed by atoms with Gasteiger partial charge in [-0.05, 0) is 18.6 Å². The van der Waals surface area contributed by atoms with Gasteiger partial charge in [-0.1, -0.05) is 0 Å². The molecule has 0 saturated carbocycles. The van der Waals surface area contributed by atoms with Gasteiger partial charge in [-0.2, -0.15) is 13.2 Å². The van der Waals surface area contributed by atoms with Gasteiger partial charge in [-0.25, -0.2) is 23.5 Å². The van der Waals surface area contributed by atoms with Crippen molar-refractivity contribution in [2.75, 3.05) is 19.6 Å². The normalized spacial score (nSPS) is 19.8. The van der Waals surface area contributed by atoms with Gasteiger partial charge >= 0.3 is 12.3 Å². The highest BCUT2D eigenvalue weighted by Crippen LogP contribution is 2.36. The van der Waals surface area contributed by atoms with Crippen LogP contribution >= 0.6 is 0 Å². The van der Waals surface area contributed by atoms with Crippen molar-refractivity contribution in [1.29, 1.82) is 0 Å². The summed E-state index contributed by atoms with van der Waals surface area (Å²) in [6.45, 7) is -1.51. The first-order chi connectivity index (χ1) is 17.3. The molecule has 4 heterocycles. The maximum Gasteiger partial charge on any atom is 0.433 e. The largest absolute Gasteiger partial charge is 0.465 e. The Morgan fingerprint density at radius 3 is 2.68 bits per heavy atom. The minimum atomic E-state index is -4.76. The molecule has 1 fully saturated rings. The molecule has 202 valence electrons. The van der Waals surface area contributed by atoms with E-state index in [0.29, 0.717) is 0 Å². The molecule has 15 heteroatoms. The number of fused-ring (bicyclic) bond motifs is 1. The van der Waals surface area contributed by atoms with Gasteiger partial charge in [0.15, 0.2) is 17.3 Å². The zero-order valence-corrected chi connectivity index (χ0v) is 19.3. The molecule has 2 aliphatic heterocycles. The van der Waals surface area contributed by atoms with Crippen LogP contribution in [0.1, 0.15) is 36.2 Å². The molecule has 2 aromatic heterocycles. The van der Waals surface area contributed by atoms with E-state index in [1.54, 1.807) is 0 Å². The van der Waals surface area contributed by atoms with Crippen molar-refractivity contribution in [3.63, 3.8) is 0 Å². The van der Waals surface area contributed by atoms with Crippen LogP contribution < -0.4 is 5.32 Å². The van der Waals surface area contributed by atoms with E-state index in [1.807, 2.05) is 0 Å². The Bertz CT molecular complexity index is 1140. The third-order valence-corrected chi connectivity index (χ3v) is 6.27. The summed E-state index contributed by atoms with van der Waals surface area (Å²) in [4.78, 5) is 33.5. The average Bonchev–Trinajstić information content (AvgIpc) is 3.34. The second-order valence-corrected chi connectivity index (χ2v) is 9.01. The lowest BCUT2D eigenvalue weighted by Gasteiger charge is -2.37. The van der Waals surface area contributed by atoms with E-state index in [9.17, 15) is 41.8 Å². The summed E-state index contributed by atoms with van der Waals surface area (Å²) in [5.74, 6) is -3.92. The van der Waals surface area contributed by atoms with E-state index >= 15 is 0 Å². The zero-order chi connectivity index (χ0) is 27.0. The summed E-state index contributed by atoms with van der Waals surface area (Å²) in [7, 11) is 0. The van der Waals surface area contributed by atoms with Gasteiger partial charge < -0.3 is 24.8 Å². The number of aromatic nitrogens is 2. The molecule has 2 atom stereocenters. The maximum atomic E-state index is 13.8. The van der Waals surface area contributed by atoms with Crippen LogP contribution in [-0.2, 0) is 23.9 Å². The van der Waals surface area contributed by atoms with Crippen LogP contribution in [0.3, 0.4) is 0 Å². The topological polar surface area (TPSA) is 132 Å². The number of furan rings is 1. The average molecular weight is 533 g/mol. The van der Waals surface area contributed by atoms with Crippen molar-refractivity contribution in [3.05, 3.63) is 35.3 Å². The number of nitrogens with one attached hydrogen (secondary N) is 1. The Labute approximate surface area is 207 Å². The molecule has 0 aliphatic carbocycles. The number of amides is 2. The summed E-state index contributed by atoms with van der Waals surface area (Å²) >= 11 is 0. The fourth-order valence-corrected chi connectivity index (χ4v) is 4.54. The second-order valence-electron chi connectivity index (χ2n) is 9.01. The standard InChI is InChI=1S/C22H24F5N5O5/c23-21(24)5-3-16(33)32(11-21)9-12(28-20(35)36)8-17(34)31-6-4-13-14(10-31)29-19(15-2-1-7-37-15)30-18(13)22(25,26)27/h1-2,7,12,17,28,34H,3-6,8-11H2,(H,35,36)/t12-,17?/m0/s1. The van der Waals surface area contributed by atoms with Crippen molar-refractivity contribution in [1.82, 2.24) is 25.1 Å². The number of carbonyl (C=O) groups is 2. The number of piperidine rings is 1. The van der Waals surface area contributed by atoms with E-state index in [0.717, 1.165) is 4.90 Å². The first-order valence-corrected chi connectivity index (χ1v) is 11.4. The van der Waals surface area contributed by atoms with Crippen LogP contribution in [0.25, 0.3) is 11.6 Å². The van der Waals surface area contributed by atoms with Gasteiger partial charge in [0.05, 0.1) is 24.5 Å². The highest BCUT2D eigenvalue weighted by Gasteiger charge is 2.41. The SMILES string of the molecule is O=C(O)N[C@@H](CC(O)N1CCc2c(nc(-c3ccco3)nc2C(F)(F)F)C1)CN1CC(F)(F)CCC1=O. The predicted octanol–water partition coefficient (Wildman–Crippen LogP) is 2.72. The van der Waals surface area contributed by atoms with E-state index in [2.05, 4.69) is 15.3 Å². The third-order valence-electron chi connectivity index (χ3n) is 6.27. The Balaban J connectivity index is 1.52. The smallest absolute Gasteiger partial charge is 0.433 e. The first-order valence-electron chi connectivity index (χ1n) is 11.4.